The van der Waals surface area contributed by atoms with E-state index in [-0.39, 0.29) is 12.7 Å². The van der Waals surface area contributed by atoms with Crippen LogP contribution in [-0.2, 0) is 0 Å². The maximum Gasteiger partial charge on any atom is 0.121 e. The van der Waals surface area contributed by atoms with Crippen molar-refractivity contribution in [2.24, 2.45) is 0 Å². The molecule has 0 aromatic heterocycles. The first kappa shape index (κ1) is 14.8. The zero-order chi connectivity index (χ0) is 14.2. The molecule has 1 saturated heterocycles. The third-order valence-electron chi connectivity index (χ3n) is 3.68. The maximum absolute atomic E-state index is 8.88. The van der Waals surface area contributed by atoms with Crippen molar-refractivity contribution in [2.75, 3.05) is 26.2 Å². The third kappa shape index (κ3) is 4.52. The monoisotopic (exact) mass is 274 g/mol. The average molecular weight is 274 g/mol. The number of unbranched alkanes of at least 4 members (excludes halogenated alkanes) is 1. The van der Waals surface area contributed by atoms with Gasteiger partial charge in [0.2, 0.25) is 0 Å². The van der Waals surface area contributed by atoms with Crippen molar-refractivity contribution < 1.29 is 9.84 Å². The summed E-state index contributed by atoms with van der Waals surface area (Å²) in [6, 6.07) is 9.49. The second-order valence-corrected chi connectivity index (χ2v) is 5.23. The standard InChI is InChI=1S/C16H22N2O2/c17-13-14-4-3-5-16(12-14)20-15-6-9-18(10-7-15)8-1-2-11-19/h3-5,12,15,19H,1-2,6-11H2. The van der Waals surface area contributed by atoms with Crippen molar-refractivity contribution in [2.45, 2.75) is 31.8 Å². The molecule has 20 heavy (non-hydrogen) atoms. The zero-order valence-corrected chi connectivity index (χ0v) is 11.8. The molecular weight excluding hydrogens is 252 g/mol. The highest BCUT2D eigenvalue weighted by Gasteiger charge is 2.20. The number of piperidine rings is 1. The molecule has 0 bridgehead atoms. The lowest BCUT2D eigenvalue weighted by Gasteiger charge is -2.32. The number of benzene rings is 1. The molecule has 0 amide bonds. The first-order valence-electron chi connectivity index (χ1n) is 7.32. The van der Waals surface area contributed by atoms with Gasteiger partial charge in [-0.15, -0.1) is 0 Å². The molecule has 0 radical (unpaired) electrons. The van der Waals surface area contributed by atoms with Crippen molar-refractivity contribution in [1.29, 1.82) is 5.26 Å². The Hall–Kier alpha value is -1.57. The summed E-state index contributed by atoms with van der Waals surface area (Å²) in [6.07, 6.45) is 4.24. The van der Waals surface area contributed by atoms with E-state index in [0.717, 1.165) is 51.1 Å². The van der Waals surface area contributed by atoms with Crippen molar-refractivity contribution in [1.82, 2.24) is 4.90 Å². The summed E-state index contributed by atoms with van der Waals surface area (Å²) in [7, 11) is 0. The van der Waals surface area contributed by atoms with Crippen LogP contribution in [0.15, 0.2) is 24.3 Å². The van der Waals surface area contributed by atoms with Gasteiger partial charge in [0.05, 0.1) is 11.6 Å². The minimum atomic E-state index is 0.248. The van der Waals surface area contributed by atoms with Crippen LogP contribution in [0.5, 0.6) is 5.75 Å². The fraction of sp³-hybridized carbons (Fsp3) is 0.562. The fourth-order valence-corrected chi connectivity index (χ4v) is 2.53. The van der Waals surface area contributed by atoms with Gasteiger partial charge in [0, 0.05) is 19.7 Å². The molecule has 0 spiro atoms. The van der Waals surface area contributed by atoms with E-state index < -0.39 is 0 Å². The number of hydrogen-bond acceptors (Lipinski definition) is 4. The number of hydrogen-bond donors (Lipinski definition) is 1. The van der Waals surface area contributed by atoms with Gasteiger partial charge in [0.15, 0.2) is 0 Å². The van der Waals surface area contributed by atoms with Crippen LogP contribution in [0.3, 0.4) is 0 Å². The molecule has 2 rings (SSSR count). The van der Waals surface area contributed by atoms with E-state index in [4.69, 9.17) is 15.1 Å². The Morgan fingerprint density at radius 3 is 2.80 bits per heavy atom. The number of ether oxygens (including phenoxy) is 1. The SMILES string of the molecule is N#Cc1cccc(OC2CCN(CCCCO)CC2)c1. The summed E-state index contributed by atoms with van der Waals surface area (Å²) < 4.78 is 5.95. The van der Waals surface area contributed by atoms with Crippen LogP contribution < -0.4 is 4.74 Å². The Balaban J connectivity index is 1.75. The van der Waals surface area contributed by atoms with Gasteiger partial charge in [0.1, 0.15) is 11.9 Å². The summed E-state index contributed by atoms with van der Waals surface area (Å²) in [6.45, 7) is 3.45. The van der Waals surface area contributed by atoms with Crippen molar-refractivity contribution in [3.8, 4) is 11.8 Å². The van der Waals surface area contributed by atoms with Gasteiger partial charge in [-0.25, -0.2) is 0 Å². The molecule has 1 aliphatic heterocycles. The van der Waals surface area contributed by atoms with Gasteiger partial charge in [0.25, 0.3) is 0 Å². The number of likely N-dealkylation sites (tertiary alicyclic amines) is 1. The fourth-order valence-electron chi connectivity index (χ4n) is 2.53. The lowest BCUT2D eigenvalue weighted by atomic mass is 10.1. The molecule has 0 atom stereocenters. The van der Waals surface area contributed by atoms with Crippen LogP contribution in [0.4, 0.5) is 0 Å². The van der Waals surface area contributed by atoms with Gasteiger partial charge in [-0.1, -0.05) is 6.07 Å². The normalized spacial score (nSPS) is 16.8. The first-order valence-corrected chi connectivity index (χ1v) is 7.32. The average Bonchev–Trinajstić information content (AvgIpc) is 2.49. The number of rotatable bonds is 6. The van der Waals surface area contributed by atoms with E-state index in [1.54, 1.807) is 12.1 Å². The molecule has 0 saturated carbocycles. The second-order valence-electron chi connectivity index (χ2n) is 5.23. The molecule has 0 aliphatic carbocycles. The topological polar surface area (TPSA) is 56.5 Å². The summed E-state index contributed by atoms with van der Waals surface area (Å²) in [5, 5.41) is 17.7. The van der Waals surface area contributed by atoms with Gasteiger partial charge >= 0.3 is 0 Å². The van der Waals surface area contributed by atoms with E-state index in [2.05, 4.69) is 11.0 Å². The number of aliphatic hydroxyl groups is 1. The quantitative estimate of drug-likeness (QED) is 0.808. The molecule has 1 aromatic rings. The summed E-state index contributed by atoms with van der Waals surface area (Å²) >= 11 is 0. The number of nitriles is 1. The molecule has 4 heteroatoms. The zero-order valence-electron chi connectivity index (χ0n) is 11.8. The van der Waals surface area contributed by atoms with Crippen LogP contribution in [0.1, 0.15) is 31.2 Å². The highest BCUT2D eigenvalue weighted by atomic mass is 16.5. The summed E-state index contributed by atoms with van der Waals surface area (Å²) in [5.41, 5.74) is 0.643. The number of nitrogens with zero attached hydrogens (tertiary/aromatic N) is 2. The van der Waals surface area contributed by atoms with E-state index >= 15 is 0 Å². The van der Waals surface area contributed by atoms with Crippen LogP contribution in [0.2, 0.25) is 0 Å². The molecule has 1 heterocycles. The Morgan fingerprint density at radius 1 is 1.30 bits per heavy atom. The van der Waals surface area contributed by atoms with E-state index in [0.29, 0.717) is 5.56 Å². The molecule has 1 aliphatic rings. The lowest BCUT2D eigenvalue weighted by Crippen LogP contribution is -2.38. The second kappa shape index (κ2) is 7.88. The molecular formula is C16H22N2O2. The Kier molecular flexibility index (Phi) is 5.85. The van der Waals surface area contributed by atoms with Crippen LogP contribution in [0.25, 0.3) is 0 Å². The minimum Gasteiger partial charge on any atom is -0.490 e. The van der Waals surface area contributed by atoms with E-state index in [1.165, 1.54) is 0 Å². The van der Waals surface area contributed by atoms with Gasteiger partial charge < -0.3 is 14.7 Å². The smallest absolute Gasteiger partial charge is 0.121 e. The van der Waals surface area contributed by atoms with Crippen molar-refractivity contribution in [3.63, 3.8) is 0 Å². The predicted molar refractivity (Wildman–Crippen MR) is 77.6 cm³/mol. The van der Waals surface area contributed by atoms with Gasteiger partial charge in [-0.3, -0.25) is 0 Å². The number of aliphatic hydroxyl groups excluding tert-OH is 1. The highest BCUT2D eigenvalue weighted by Crippen LogP contribution is 2.20. The highest BCUT2D eigenvalue weighted by molar-refractivity contribution is 5.36. The van der Waals surface area contributed by atoms with E-state index in [1.807, 2.05) is 12.1 Å². The first-order chi connectivity index (χ1) is 9.81. The van der Waals surface area contributed by atoms with Crippen LogP contribution >= 0.6 is 0 Å². The predicted octanol–water partition coefficient (Wildman–Crippen LogP) is 2.17. The van der Waals surface area contributed by atoms with Gasteiger partial charge in [-0.2, -0.15) is 5.26 Å². The summed E-state index contributed by atoms with van der Waals surface area (Å²) in [4.78, 5) is 2.43. The molecule has 1 fully saturated rings. The van der Waals surface area contributed by atoms with Crippen molar-refractivity contribution in [3.05, 3.63) is 29.8 Å². The van der Waals surface area contributed by atoms with Gasteiger partial charge in [-0.05, 0) is 50.4 Å². The maximum atomic E-state index is 8.88. The Morgan fingerprint density at radius 2 is 2.10 bits per heavy atom. The molecule has 108 valence electrons. The Labute approximate surface area is 120 Å². The summed E-state index contributed by atoms with van der Waals surface area (Å²) in [5.74, 6) is 0.794. The minimum absolute atomic E-state index is 0.248. The third-order valence-corrected chi connectivity index (χ3v) is 3.68. The largest absolute Gasteiger partial charge is 0.490 e. The molecule has 0 unspecified atom stereocenters. The molecule has 1 N–H and O–H groups in total. The van der Waals surface area contributed by atoms with Crippen LogP contribution in [-0.4, -0.2) is 42.4 Å². The van der Waals surface area contributed by atoms with E-state index in [9.17, 15) is 0 Å². The lowest BCUT2D eigenvalue weighted by molar-refractivity contribution is 0.0985. The Bertz CT molecular complexity index is 448. The van der Waals surface area contributed by atoms with Crippen LogP contribution in [0, 0.1) is 11.3 Å². The molecule has 1 aromatic carbocycles. The molecule has 4 nitrogen and oxygen atoms in total. The van der Waals surface area contributed by atoms with Crippen molar-refractivity contribution >= 4 is 0 Å².